The Bertz CT molecular complexity index is 557. The van der Waals surface area contributed by atoms with Crippen molar-refractivity contribution in [3.05, 3.63) is 29.8 Å². The highest BCUT2D eigenvalue weighted by molar-refractivity contribution is 5.97. The number of amides is 2. The molecule has 0 aromatic heterocycles. The second-order valence-corrected chi connectivity index (χ2v) is 6.38. The summed E-state index contributed by atoms with van der Waals surface area (Å²) in [6, 6.07) is 7.54. The second-order valence-electron chi connectivity index (χ2n) is 6.38. The Morgan fingerprint density at radius 3 is 2.78 bits per heavy atom. The van der Waals surface area contributed by atoms with E-state index in [4.69, 9.17) is 0 Å². The molecule has 0 spiro atoms. The third-order valence-electron chi connectivity index (χ3n) is 4.12. The normalized spacial score (nSPS) is 18.1. The van der Waals surface area contributed by atoms with E-state index in [2.05, 4.69) is 10.2 Å². The van der Waals surface area contributed by atoms with Crippen molar-refractivity contribution < 1.29 is 9.59 Å². The van der Waals surface area contributed by atoms with Crippen LogP contribution in [0.15, 0.2) is 24.3 Å². The highest BCUT2D eigenvalue weighted by Crippen LogP contribution is 2.20. The summed E-state index contributed by atoms with van der Waals surface area (Å²) in [5, 5.41) is 2.98. The van der Waals surface area contributed by atoms with Crippen LogP contribution in [0.3, 0.4) is 0 Å². The highest BCUT2D eigenvalue weighted by atomic mass is 16.2. The summed E-state index contributed by atoms with van der Waals surface area (Å²) in [5.74, 6) is -0.0142. The molecule has 0 bridgehead atoms. The summed E-state index contributed by atoms with van der Waals surface area (Å²) < 4.78 is 0. The molecule has 1 atom stereocenters. The highest BCUT2D eigenvalue weighted by Gasteiger charge is 2.31. The predicted octanol–water partition coefficient (Wildman–Crippen LogP) is 2.48. The average Bonchev–Trinajstić information content (AvgIpc) is 2.53. The Morgan fingerprint density at radius 2 is 2.09 bits per heavy atom. The summed E-state index contributed by atoms with van der Waals surface area (Å²) in [6.07, 6.45) is 3.16. The molecule has 1 aromatic rings. The van der Waals surface area contributed by atoms with E-state index < -0.39 is 0 Å². The molecule has 1 aromatic carbocycles. The summed E-state index contributed by atoms with van der Waals surface area (Å²) in [4.78, 5) is 28.5. The van der Waals surface area contributed by atoms with Crippen LogP contribution in [-0.2, 0) is 16.1 Å². The van der Waals surface area contributed by atoms with Crippen molar-refractivity contribution in [2.45, 2.75) is 45.2 Å². The SMILES string of the molecule is CCC(=O)N1CCCCC1C(=O)Nc1cccc(CN(C)C)c1. The number of nitrogens with zero attached hydrogens (tertiary/aromatic N) is 2. The van der Waals surface area contributed by atoms with Gasteiger partial charge in [0.05, 0.1) is 0 Å². The Morgan fingerprint density at radius 1 is 1.30 bits per heavy atom. The van der Waals surface area contributed by atoms with Crippen LogP contribution in [0.4, 0.5) is 5.69 Å². The molecule has 0 aliphatic carbocycles. The minimum Gasteiger partial charge on any atom is -0.331 e. The monoisotopic (exact) mass is 317 g/mol. The molecule has 1 aliphatic rings. The van der Waals surface area contributed by atoms with Gasteiger partial charge in [-0.3, -0.25) is 9.59 Å². The van der Waals surface area contributed by atoms with Crippen molar-refractivity contribution in [1.82, 2.24) is 9.80 Å². The number of benzene rings is 1. The smallest absolute Gasteiger partial charge is 0.247 e. The Hall–Kier alpha value is -1.88. The fraction of sp³-hybridized carbons (Fsp3) is 0.556. The molecular formula is C18H27N3O2. The van der Waals surface area contributed by atoms with E-state index in [1.165, 1.54) is 0 Å². The second kappa shape index (κ2) is 8.11. The Labute approximate surface area is 138 Å². The minimum atomic E-state index is -0.339. The Kier molecular flexibility index (Phi) is 6.16. The molecule has 0 radical (unpaired) electrons. The van der Waals surface area contributed by atoms with Gasteiger partial charge in [0.25, 0.3) is 0 Å². The lowest BCUT2D eigenvalue weighted by atomic mass is 10.0. The van der Waals surface area contributed by atoms with Gasteiger partial charge in [0.15, 0.2) is 0 Å². The number of carbonyl (C=O) groups is 2. The van der Waals surface area contributed by atoms with Crippen molar-refractivity contribution in [2.75, 3.05) is 26.0 Å². The quantitative estimate of drug-likeness (QED) is 0.908. The van der Waals surface area contributed by atoms with Gasteiger partial charge in [-0.15, -0.1) is 0 Å². The van der Waals surface area contributed by atoms with Crippen LogP contribution in [0.1, 0.15) is 38.2 Å². The molecule has 1 fully saturated rings. The number of nitrogens with one attached hydrogen (secondary N) is 1. The first kappa shape index (κ1) is 17.5. The van der Waals surface area contributed by atoms with E-state index in [9.17, 15) is 9.59 Å². The van der Waals surface area contributed by atoms with Crippen LogP contribution in [0.2, 0.25) is 0 Å². The van der Waals surface area contributed by atoms with Crippen LogP contribution in [0.25, 0.3) is 0 Å². The van der Waals surface area contributed by atoms with Gasteiger partial charge in [-0.2, -0.15) is 0 Å². The number of likely N-dealkylation sites (tertiary alicyclic amines) is 1. The zero-order valence-corrected chi connectivity index (χ0v) is 14.3. The lowest BCUT2D eigenvalue weighted by Crippen LogP contribution is -2.49. The van der Waals surface area contributed by atoms with Crippen LogP contribution in [0, 0.1) is 0 Å². The molecule has 2 amide bonds. The van der Waals surface area contributed by atoms with Gasteiger partial charge in [0.2, 0.25) is 11.8 Å². The Balaban J connectivity index is 2.06. The first-order chi connectivity index (χ1) is 11.0. The number of hydrogen-bond acceptors (Lipinski definition) is 3. The first-order valence-electron chi connectivity index (χ1n) is 8.35. The van der Waals surface area contributed by atoms with Gasteiger partial charge < -0.3 is 15.1 Å². The van der Waals surface area contributed by atoms with Crippen molar-refractivity contribution >= 4 is 17.5 Å². The van der Waals surface area contributed by atoms with E-state index in [1.807, 2.05) is 45.3 Å². The van der Waals surface area contributed by atoms with Crippen molar-refractivity contribution in [3.63, 3.8) is 0 Å². The molecule has 126 valence electrons. The number of anilines is 1. The number of carbonyl (C=O) groups excluding carboxylic acids is 2. The predicted molar refractivity (Wildman–Crippen MR) is 92.1 cm³/mol. The van der Waals surface area contributed by atoms with Gasteiger partial charge in [-0.1, -0.05) is 19.1 Å². The maximum Gasteiger partial charge on any atom is 0.247 e. The molecule has 1 saturated heterocycles. The third kappa shape index (κ3) is 4.79. The molecular weight excluding hydrogens is 290 g/mol. The van der Waals surface area contributed by atoms with Gasteiger partial charge in [-0.25, -0.2) is 0 Å². The summed E-state index contributed by atoms with van der Waals surface area (Å²) in [5.41, 5.74) is 1.95. The van der Waals surface area contributed by atoms with E-state index in [-0.39, 0.29) is 17.9 Å². The zero-order chi connectivity index (χ0) is 16.8. The van der Waals surface area contributed by atoms with Crippen molar-refractivity contribution in [1.29, 1.82) is 0 Å². The van der Waals surface area contributed by atoms with Crippen LogP contribution >= 0.6 is 0 Å². The molecule has 5 nitrogen and oxygen atoms in total. The maximum absolute atomic E-state index is 12.6. The summed E-state index contributed by atoms with van der Waals surface area (Å²) in [6.45, 7) is 3.36. The fourth-order valence-electron chi connectivity index (χ4n) is 3.04. The third-order valence-corrected chi connectivity index (χ3v) is 4.12. The lowest BCUT2D eigenvalue weighted by molar-refractivity contribution is -0.140. The maximum atomic E-state index is 12.6. The number of hydrogen-bond donors (Lipinski definition) is 1. The van der Waals surface area contributed by atoms with Crippen LogP contribution < -0.4 is 5.32 Å². The molecule has 0 saturated carbocycles. The summed E-state index contributed by atoms with van der Waals surface area (Å²) in [7, 11) is 4.03. The van der Waals surface area contributed by atoms with Crippen LogP contribution in [-0.4, -0.2) is 48.3 Å². The molecule has 1 aliphatic heterocycles. The molecule has 23 heavy (non-hydrogen) atoms. The molecule has 5 heteroatoms. The van der Waals surface area contributed by atoms with E-state index >= 15 is 0 Å². The number of piperidine rings is 1. The fourth-order valence-corrected chi connectivity index (χ4v) is 3.04. The first-order valence-corrected chi connectivity index (χ1v) is 8.35. The van der Waals surface area contributed by atoms with Gasteiger partial charge >= 0.3 is 0 Å². The van der Waals surface area contributed by atoms with E-state index in [1.54, 1.807) is 4.90 Å². The minimum absolute atomic E-state index is 0.0613. The lowest BCUT2D eigenvalue weighted by Gasteiger charge is -2.34. The van der Waals surface area contributed by atoms with E-state index in [0.29, 0.717) is 13.0 Å². The summed E-state index contributed by atoms with van der Waals surface area (Å²) >= 11 is 0. The largest absolute Gasteiger partial charge is 0.331 e. The zero-order valence-electron chi connectivity index (χ0n) is 14.3. The van der Waals surface area contributed by atoms with Crippen LogP contribution in [0.5, 0.6) is 0 Å². The number of rotatable bonds is 5. The van der Waals surface area contributed by atoms with Crippen molar-refractivity contribution in [3.8, 4) is 0 Å². The van der Waals surface area contributed by atoms with Gasteiger partial charge in [0.1, 0.15) is 6.04 Å². The standard InChI is InChI=1S/C18H27N3O2/c1-4-17(22)21-11-6-5-10-16(21)18(23)19-15-9-7-8-14(12-15)13-20(2)3/h7-9,12,16H,4-6,10-11,13H2,1-3H3,(H,19,23). The topological polar surface area (TPSA) is 52.7 Å². The van der Waals surface area contributed by atoms with Gasteiger partial charge in [0, 0.05) is 25.2 Å². The molecule has 1 N–H and O–H groups in total. The molecule has 1 heterocycles. The molecule has 2 rings (SSSR count). The van der Waals surface area contributed by atoms with Crippen molar-refractivity contribution in [2.24, 2.45) is 0 Å². The average molecular weight is 317 g/mol. The van der Waals surface area contributed by atoms with Gasteiger partial charge in [-0.05, 0) is 51.1 Å². The van der Waals surface area contributed by atoms with E-state index in [0.717, 1.165) is 37.1 Å². The molecule has 1 unspecified atom stereocenters.